The molecule has 0 aromatic heterocycles. The number of ether oxygens (including phenoxy) is 1. The lowest BCUT2D eigenvalue weighted by molar-refractivity contribution is -0.157. The van der Waals surface area contributed by atoms with Gasteiger partial charge in [0.1, 0.15) is 12.1 Å². The number of nitriles is 1. The molecule has 2 heterocycles. The first kappa shape index (κ1) is 13.1. The van der Waals surface area contributed by atoms with Crippen LogP contribution in [-0.2, 0) is 16.1 Å². The van der Waals surface area contributed by atoms with E-state index in [2.05, 4.69) is 11.0 Å². The second-order valence-corrected chi connectivity index (χ2v) is 5.55. The minimum absolute atomic E-state index is 0.220. The second kappa shape index (κ2) is 5.26. The van der Waals surface area contributed by atoms with Gasteiger partial charge >= 0.3 is 5.97 Å². The summed E-state index contributed by atoms with van der Waals surface area (Å²) in [6, 6.07) is 12.0. The molecule has 0 amide bonds. The quantitative estimate of drug-likeness (QED) is 0.789. The first-order valence-corrected chi connectivity index (χ1v) is 7.13. The lowest BCUT2D eigenvalue weighted by atomic mass is 9.84. The number of carbonyl (C=O) groups excluding carboxylic acids is 1. The highest BCUT2D eigenvalue weighted by atomic mass is 16.5. The van der Waals surface area contributed by atoms with E-state index in [0.717, 1.165) is 37.9 Å². The Kier molecular flexibility index (Phi) is 3.45. The fraction of sp³-hybridized carbons (Fsp3) is 0.500. The van der Waals surface area contributed by atoms with Gasteiger partial charge in [0.25, 0.3) is 0 Å². The molecule has 20 heavy (non-hydrogen) atoms. The van der Waals surface area contributed by atoms with E-state index in [-0.39, 0.29) is 18.5 Å². The Morgan fingerprint density at radius 1 is 1.40 bits per heavy atom. The molecule has 104 valence electrons. The molecule has 1 aromatic rings. The van der Waals surface area contributed by atoms with Crippen molar-refractivity contribution in [3.05, 3.63) is 35.9 Å². The number of rotatable bonds is 3. The normalized spacial score (nSPS) is 28.9. The monoisotopic (exact) mass is 270 g/mol. The lowest BCUT2D eigenvalue weighted by Gasteiger charge is -2.31. The molecule has 0 N–H and O–H groups in total. The molecule has 4 heteroatoms. The summed E-state index contributed by atoms with van der Waals surface area (Å²) >= 11 is 0. The van der Waals surface area contributed by atoms with Crippen LogP contribution in [0.25, 0.3) is 0 Å². The average Bonchev–Trinajstić information content (AvgIpc) is 3.04. The number of fused-ring (bicyclic) bond motifs is 1. The second-order valence-electron chi connectivity index (χ2n) is 5.55. The molecule has 0 radical (unpaired) electrons. The zero-order chi connectivity index (χ0) is 14.0. The first-order valence-electron chi connectivity index (χ1n) is 7.13. The molecule has 3 rings (SSSR count). The predicted molar refractivity (Wildman–Crippen MR) is 73.5 cm³/mol. The molecule has 0 saturated carbocycles. The Labute approximate surface area is 118 Å². The van der Waals surface area contributed by atoms with Gasteiger partial charge in [-0.3, -0.25) is 4.90 Å². The molecule has 0 aliphatic carbocycles. The lowest BCUT2D eigenvalue weighted by Crippen LogP contribution is -2.50. The van der Waals surface area contributed by atoms with Gasteiger partial charge in [0, 0.05) is 6.54 Å². The summed E-state index contributed by atoms with van der Waals surface area (Å²) < 4.78 is 5.52. The number of hydrogen-bond donors (Lipinski definition) is 0. The average molecular weight is 270 g/mol. The van der Waals surface area contributed by atoms with E-state index < -0.39 is 5.54 Å². The number of nitrogens with zero attached hydrogens (tertiary/aromatic N) is 2. The van der Waals surface area contributed by atoms with Crippen LogP contribution in [0.1, 0.15) is 24.8 Å². The summed E-state index contributed by atoms with van der Waals surface area (Å²) in [5.41, 5.74) is 0.303. The highest BCUT2D eigenvalue weighted by molar-refractivity contribution is 5.83. The van der Waals surface area contributed by atoms with E-state index in [1.165, 1.54) is 0 Å². The number of hydrogen-bond acceptors (Lipinski definition) is 4. The van der Waals surface area contributed by atoms with Crippen LogP contribution in [-0.4, -0.2) is 29.5 Å². The molecule has 2 unspecified atom stereocenters. The molecule has 2 aliphatic heterocycles. The van der Waals surface area contributed by atoms with Crippen molar-refractivity contribution in [1.82, 2.24) is 4.90 Å². The Balaban J connectivity index is 1.74. The number of esters is 1. The molecule has 4 nitrogen and oxygen atoms in total. The zero-order valence-electron chi connectivity index (χ0n) is 11.4. The van der Waals surface area contributed by atoms with Crippen LogP contribution in [0.2, 0.25) is 0 Å². The van der Waals surface area contributed by atoms with Gasteiger partial charge in [0.05, 0.1) is 12.0 Å². The maximum atomic E-state index is 12.6. The van der Waals surface area contributed by atoms with Gasteiger partial charge < -0.3 is 4.74 Å². The summed E-state index contributed by atoms with van der Waals surface area (Å²) in [6.45, 7) is 2.02. The summed E-state index contributed by atoms with van der Waals surface area (Å²) in [5.74, 6) is -0.448. The highest BCUT2D eigenvalue weighted by Crippen LogP contribution is 2.43. The molecule has 0 bridgehead atoms. The molecular formula is C16H18N2O2. The maximum Gasteiger partial charge on any atom is 0.328 e. The summed E-state index contributed by atoms with van der Waals surface area (Å²) in [5, 5.41) is 9.33. The van der Waals surface area contributed by atoms with Gasteiger partial charge in [-0.1, -0.05) is 30.3 Å². The van der Waals surface area contributed by atoms with Gasteiger partial charge in [-0.15, -0.1) is 0 Å². The molecule has 2 fully saturated rings. The summed E-state index contributed by atoms with van der Waals surface area (Å²) in [4.78, 5) is 14.7. The van der Waals surface area contributed by atoms with Crippen LogP contribution in [0.4, 0.5) is 0 Å². The predicted octanol–water partition coefficient (Wildman–Crippen LogP) is 2.11. The Bertz CT molecular complexity index is 537. The van der Waals surface area contributed by atoms with Gasteiger partial charge in [-0.05, 0) is 31.4 Å². The zero-order valence-corrected chi connectivity index (χ0v) is 11.4. The minimum atomic E-state index is -0.677. The molecule has 2 saturated heterocycles. The molecule has 0 spiro atoms. The largest absolute Gasteiger partial charge is 0.459 e. The van der Waals surface area contributed by atoms with E-state index >= 15 is 0 Å². The standard InChI is InChI=1S/C16H18N2O2/c17-11-14-7-10-18-9-4-8-16(14,18)15(19)20-12-13-5-2-1-3-6-13/h1-3,5-6,14H,4,7-10,12H2. The van der Waals surface area contributed by atoms with E-state index in [9.17, 15) is 10.1 Å². The Morgan fingerprint density at radius 2 is 2.20 bits per heavy atom. The smallest absolute Gasteiger partial charge is 0.328 e. The van der Waals surface area contributed by atoms with E-state index in [4.69, 9.17) is 4.74 Å². The van der Waals surface area contributed by atoms with Crippen LogP contribution < -0.4 is 0 Å². The molecular weight excluding hydrogens is 252 g/mol. The van der Waals surface area contributed by atoms with Crippen molar-refractivity contribution >= 4 is 5.97 Å². The third kappa shape index (κ3) is 1.99. The topological polar surface area (TPSA) is 53.3 Å². The molecule has 1 aromatic carbocycles. The first-order chi connectivity index (χ1) is 9.77. The van der Waals surface area contributed by atoms with Crippen molar-refractivity contribution in [2.75, 3.05) is 13.1 Å². The van der Waals surface area contributed by atoms with Crippen LogP contribution in [0, 0.1) is 17.2 Å². The van der Waals surface area contributed by atoms with Crippen LogP contribution in [0.5, 0.6) is 0 Å². The van der Waals surface area contributed by atoms with Crippen LogP contribution in [0.15, 0.2) is 30.3 Å². The van der Waals surface area contributed by atoms with Crippen LogP contribution in [0.3, 0.4) is 0 Å². The van der Waals surface area contributed by atoms with Gasteiger partial charge in [0.15, 0.2) is 0 Å². The van der Waals surface area contributed by atoms with E-state index in [1.807, 2.05) is 30.3 Å². The molecule has 2 atom stereocenters. The fourth-order valence-corrected chi connectivity index (χ4v) is 3.52. The minimum Gasteiger partial charge on any atom is -0.459 e. The molecule has 2 aliphatic rings. The third-order valence-corrected chi connectivity index (χ3v) is 4.54. The number of carbonyl (C=O) groups is 1. The summed E-state index contributed by atoms with van der Waals surface area (Å²) in [6.07, 6.45) is 2.49. The van der Waals surface area contributed by atoms with E-state index in [1.54, 1.807) is 0 Å². The SMILES string of the molecule is N#CC1CCN2CCCC12C(=O)OCc1ccccc1. The highest BCUT2D eigenvalue weighted by Gasteiger charge is 2.58. The van der Waals surface area contributed by atoms with Gasteiger partial charge in [0.2, 0.25) is 0 Å². The van der Waals surface area contributed by atoms with Crippen molar-refractivity contribution in [2.24, 2.45) is 5.92 Å². The van der Waals surface area contributed by atoms with Crippen molar-refractivity contribution in [1.29, 1.82) is 5.26 Å². The van der Waals surface area contributed by atoms with Crippen molar-refractivity contribution in [3.8, 4) is 6.07 Å². The Morgan fingerprint density at radius 3 is 2.95 bits per heavy atom. The maximum absolute atomic E-state index is 12.6. The summed E-state index contributed by atoms with van der Waals surface area (Å²) in [7, 11) is 0. The van der Waals surface area contributed by atoms with Gasteiger partial charge in [-0.25, -0.2) is 4.79 Å². The van der Waals surface area contributed by atoms with Gasteiger partial charge in [-0.2, -0.15) is 5.26 Å². The Hall–Kier alpha value is -1.86. The van der Waals surface area contributed by atoms with Crippen molar-refractivity contribution in [3.63, 3.8) is 0 Å². The van der Waals surface area contributed by atoms with Crippen molar-refractivity contribution < 1.29 is 9.53 Å². The van der Waals surface area contributed by atoms with Crippen molar-refractivity contribution in [2.45, 2.75) is 31.4 Å². The van der Waals surface area contributed by atoms with E-state index in [0.29, 0.717) is 0 Å². The third-order valence-electron chi connectivity index (χ3n) is 4.54. The van der Waals surface area contributed by atoms with Crippen LogP contribution >= 0.6 is 0 Å². The number of benzene rings is 1. The fourth-order valence-electron chi connectivity index (χ4n) is 3.52.